The summed E-state index contributed by atoms with van der Waals surface area (Å²) in [6, 6.07) is 19.1. The molecule has 1 aliphatic rings. The molecule has 2 heterocycles. The topological polar surface area (TPSA) is 12.5 Å². The van der Waals surface area contributed by atoms with Crippen LogP contribution in [-0.4, -0.2) is 25.5 Å². The van der Waals surface area contributed by atoms with Gasteiger partial charge in [0.15, 0.2) is 0 Å². The molecule has 0 amide bonds. The Hall–Kier alpha value is -2.43. The van der Waals surface area contributed by atoms with Gasteiger partial charge in [0.2, 0.25) is 0 Å². The van der Waals surface area contributed by atoms with E-state index in [2.05, 4.69) is 36.5 Å². The Morgan fingerprint density at radius 2 is 1.77 bits per heavy atom. The van der Waals surface area contributed by atoms with Crippen molar-refractivity contribution in [1.29, 1.82) is 0 Å². The number of fused-ring (bicyclic) bond motifs is 1. The van der Waals surface area contributed by atoms with Crippen LogP contribution in [0.5, 0.6) is 5.75 Å². The maximum atomic E-state index is 13.5. The zero-order chi connectivity index (χ0) is 18.1. The Labute approximate surface area is 157 Å². The summed E-state index contributed by atoms with van der Waals surface area (Å²) in [4.78, 5) is 3.26. The molecule has 4 rings (SSSR count). The van der Waals surface area contributed by atoms with Gasteiger partial charge in [0, 0.05) is 18.0 Å². The number of likely N-dealkylation sites (N-methyl/N-ethyl adjacent to an activating group) is 1. The number of rotatable bonds is 4. The first-order chi connectivity index (χ1) is 12.6. The molecule has 0 radical (unpaired) electrons. The molecule has 2 aromatic carbocycles. The molecule has 1 aliphatic heterocycles. The molecule has 0 aliphatic carbocycles. The lowest BCUT2D eigenvalue weighted by molar-refractivity contribution is 0.415. The van der Waals surface area contributed by atoms with Crippen molar-refractivity contribution in [2.75, 3.05) is 20.6 Å². The second-order valence-corrected chi connectivity index (χ2v) is 7.64. The third-order valence-electron chi connectivity index (χ3n) is 4.52. The zero-order valence-electron chi connectivity index (χ0n) is 14.8. The summed E-state index contributed by atoms with van der Waals surface area (Å²) in [5, 5.41) is 2.06. The summed E-state index contributed by atoms with van der Waals surface area (Å²) < 4.78 is 19.9. The van der Waals surface area contributed by atoms with Crippen molar-refractivity contribution in [3.63, 3.8) is 0 Å². The third-order valence-corrected chi connectivity index (χ3v) is 5.39. The monoisotopic (exact) mass is 365 g/mol. The lowest BCUT2D eigenvalue weighted by atomic mass is 9.81. The molecule has 2 nitrogen and oxygen atoms in total. The lowest BCUT2D eigenvalue weighted by Gasteiger charge is -2.32. The van der Waals surface area contributed by atoms with Crippen LogP contribution in [0.3, 0.4) is 0 Å². The SMILES string of the molecule is CN(C)CC1=C(c2cccs2)Oc2ccccc2[C@H]1c1ccc(F)cc1. The van der Waals surface area contributed by atoms with Gasteiger partial charge >= 0.3 is 0 Å². The number of halogens is 1. The van der Waals surface area contributed by atoms with Gasteiger partial charge in [-0.3, -0.25) is 0 Å². The van der Waals surface area contributed by atoms with Gasteiger partial charge in [-0.2, -0.15) is 0 Å². The number of hydrogen-bond acceptors (Lipinski definition) is 3. The van der Waals surface area contributed by atoms with E-state index in [4.69, 9.17) is 4.74 Å². The van der Waals surface area contributed by atoms with E-state index in [1.807, 2.05) is 36.4 Å². The molecule has 132 valence electrons. The molecular formula is C22H20FNOS. The average Bonchev–Trinajstić information content (AvgIpc) is 3.16. The fourth-order valence-corrected chi connectivity index (χ4v) is 4.20. The first-order valence-electron chi connectivity index (χ1n) is 8.57. The Balaban J connectivity index is 1.94. The van der Waals surface area contributed by atoms with Crippen LogP contribution in [0.15, 0.2) is 71.6 Å². The summed E-state index contributed by atoms with van der Waals surface area (Å²) in [5.41, 5.74) is 3.40. The van der Waals surface area contributed by atoms with Crippen LogP contribution < -0.4 is 4.74 Å². The van der Waals surface area contributed by atoms with E-state index in [0.717, 1.165) is 34.1 Å². The number of thiophene rings is 1. The quantitative estimate of drug-likeness (QED) is 0.615. The van der Waals surface area contributed by atoms with Crippen LogP contribution >= 0.6 is 11.3 Å². The molecule has 0 spiro atoms. The molecule has 4 heteroatoms. The zero-order valence-corrected chi connectivity index (χ0v) is 15.6. The number of nitrogens with zero attached hydrogens (tertiary/aromatic N) is 1. The second kappa shape index (κ2) is 7.06. The van der Waals surface area contributed by atoms with E-state index in [9.17, 15) is 4.39 Å². The Morgan fingerprint density at radius 1 is 1.00 bits per heavy atom. The molecule has 0 fully saturated rings. The van der Waals surface area contributed by atoms with Crippen molar-refractivity contribution in [2.45, 2.75) is 5.92 Å². The molecule has 1 atom stereocenters. The van der Waals surface area contributed by atoms with Gasteiger partial charge in [-0.05, 0) is 54.9 Å². The van der Waals surface area contributed by atoms with Crippen molar-refractivity contribution >= 4 is 17.1 Å². The maximum Gasteiger partial charge on any atom is 0.146 e. The van der Waals surface area contributed by atoms with E-state index >= 15 is 0 Å². The normalized spacial score (nSPS) is 16.5. The summed E-state index contributed by atoms with van der Waals surface area (Å²) in [6.45, 7) is 0.767. The van der Waals surface area contributed by atoms with Gasteiger partial charge in [0.1, 0.15) is 17.3 Å². The smallest absolute Gasteiger partial charge is 0.146 e. The first kappa shape index (κ1) is 17.0. The van der Waals surface area contributed by atoms with Crippen molar-refractivity contribution in [3.05, 3.63) is 93.4 Å². The highest BCUT2D eigenvalue weighted by atomic mass is 32.1. The molecular weight excluding hydrogens is 345 g/mol. The van der Waals surface area contributed by atoms with Crippen LogP contribution in [0, 0.1) is 5.82 Å². The number of ether oxygens (including phenoxy) is 1. The average molecular weight is 365 g/mol. The van der Waals surface area contributed by atoms with Crippen LogP contribution in [0.1, 0.15) is 21.9 Å². The number of benzene rings is 2. The predicted octanol–water partition coefficient (Wildman–Crippen LogP) is 5.38. The van der Waals surface area contributed by atoms with Gasteiger partial charge in [-0.1, -0.05) is 36.4 Å². The molecule has 26 heavy (non-hydrogen) atoms. The Morgan fingerprint density at radius 3 is 2.46 bits per heavy atom. The van der Waals surface area contributed by atoms with Crippen LogP contribution in [-0.2, 0) is 0 Å². The van der Waals surface area contributed by atoms with Gasteiger partial charge in [0.25, 0.3) is 0 Å². The summed E-state index contributed by atoms with van der Waals surface area (Å²) in [5.74, 6) is 1.61. The van der Waals surface area contributed by atoms with Crippen LogP contribution in [0.25, 0.3) is 5.76 Å². The Bertz CT molecular complexity index is 929. The van der Waals surface area contributed by atoms with Gasteiger partial charge in [0.05, 0.1) is 4.88 Å². The molecule has 0 N–H and O–H groups in total. The number of hydrogen-bond donors (Lipinski definition) is 0. The van der Waals surface area contributed by atoms with Crippen LogP contribution in [0.4, 0.5) is 4.39 Å². The minimum atomic E-state index is -0.217. The largest absolute Gasteiger partial charge is 0.456 e. The van der Waals surface area contributed by atoms with Crippen molar-refractivity contribution in [1.82, 2.24) is 4.90 Å². The lowest BCUT2D eigenvalue weighted by Crippen LogP contribution is -2.25. The molecule has 0 saturated heterocycles. The molecule has 3 aromatic rings. The van der Waals surface area contributed by atoms with Crippen LogP contribution in [0.2, 0.25) is 0 Å². The van der Waals surface area contributed by atoms with Crippen molar-refractivity contribution < 1.29 is 9.13 Å². The standard InChI is InChI=1S/C22H20FNOS/c1-24(2)14-18-21(15-9-11-16(23)12-10-15)17-6-3-4-7-19(17)25-22(18)20-8-5-13-26-20/h3-13,21H,14H2,1-2H3/t21-/m1/s1. The highest BCUT2D eigenvalue weighted by Crippen LogP contribution is 2.46. The molecule has 0 saturated carbocycles. The van der Waals surface area contributed by atoms with E-state index in [1.165, 1.54) is 17.7 Å². The summed E-state index contributed by atoms with van der Waals surface area (Å²) in [6.07, 6.45) is 0. The predicted molar refractivity (Wildman–Crippen MR) is 105 cm³/mol. The van der Waals surface area contributed by atoms with E-state index in [0.29, 0.717) is 0 Å². The van der Waals surface area contributed by atoms with E-state index in [-0.39, 0.29) is 11.7 Å². The summed E-state index contributed by atoms with van der Waals surface area (Å²) in [7, 11) is 4.11. The first-order valence-corrected chi connectivity index (χ1v) is 9.45. The third kappa shape index (κ3) is 3.18. The molecule has 0 bridgehead atoms. The van der Waals surface area contributed by atoms with E-state index in [1.54, 1.807) is 11.3 Å². The maximum absolute atomic E-state index is 13.5. The molecule has 1 aromatic heterocycles. The summed E-state index contributed by atoms with van der Waals surface area (Å²) >= 11 is 1.67. The fraction of sp³-hybridized carbons (Fsp3) is 0.182. The Kier molecular flexibility index (Phi) is 4.62. The minimum Gasteiger partial charge on any atom is -0.456 e. The fourth-order valence-electron chi connectivity index (χ4n) is 3.46. The van der Waals surface area contributed by atoms with Crippen molar-refractivity contribution in [2.24, 2.45) is 0 Å². The minimum absolute atomic E-state index is 0.0417. The molecule has 0 unspecified atom stereocenters. The highest BCUT2D eigenvalue weighted by molar-refractivity contribution is 7.11. The number of para-hydroxylation sites is 1. The second-order valence-electron chi connectivity index (χ2n) is 6.69. The van der Waals surface area contributed by atoms with Gasteiger partial charge in [-0.25, -0.2) is 4.39 Å². The van der Waals surface area contributed by atoms with Crippen molar-refractivity contribution in [3.8, 4) is 5.75 Å². The van der Waals surface area contributed by atoms with Gasteiger partial charge < -0.3 is 9.64 Å². The highest BCUT2D eigenvalue weighted by Gasteiger charge is 2.32. The van der Waals surface area contributed by atoms with E-state index < -0.39 is 0 Å². The van der Waals surface area contributed by atoms with Gasteiger partial charge in [-0.15, -0.1) is 11.3 Å².